The van der Waals surface area contributed by atoms with Crippen LogP contribution in [0.2, 0.25) is 0 Å². The van der Waals surface area contributed by atoms with E-state index in [0.717, 1.165) is 25.5 Å². The van der Waals surface area contributed by atoms with Gasteiger partial charge in [0, 0.05) is 11.7 Å². The van der Waals surface area contributed by atoms with Gasteiger partial charge in [-0.25, -0.2) is 8.42 Å². The largest absolute Gasteiger partial charge is 0.327 e. The van der Waals surface area contributed by atoms with Crippen molar-refractivity contribution in [3.63, 3.8) is 0 Å². The van der Waals surface area contributed by atoms with Crippen molar-refractivity contribution in [2.45, 2.75) is 25.3 Å². The van der Waals surface area contributed by atoms with Gasteiger partial charge >= 0.3 is 0 Å². The molecule has 110 valence electrons. The van der Waals surface area contributed by atoms with Crippen LogP contribution in [0.25, 0.3) is 0 Å². The summed E-state index contributed by atoms with van der Waals surface area (Å²) in [5, 5.41) is 2.79. The van der Waals surface area contributed by atoms with Gasteiger partial charge in [-0.2, -0.15) is 0 Å². The zero-order chi connectivity index (χ0) is 14.8. The van der Waals surface area contributed by atoms with E-state index in [9.17, 15) is 13.2 Å². The SMILES string of the molecule is CS(=O)(=O)Nc1cccc(NC(=O)C2CCCC2N)c1. The fourth-order valence-corrected chi connectivity index (χ4v) is 2.98. The van der Waals surface area contributed by atoms with Gasteiger partial charge in [-0.05, 0) is 31.0 Å². The van der Waals surface area contributed by atoms with Crippen LogP contribution in [-0.4, -0.2) is 26.6 Å². The first-order valence-electron chi connectivity index (χ1n) is 6.49. The standard InChI is InChI=1S/C13H19N3O3S/c1-20(18,19)16-10-5-2-4-9(8-10)15-13(17)11-6-3-7-12(11)14/h2,4-5,8,11-12,16H,3,6-7,14H2,1H3,(H,15,17). The first-order chi connectivity index (χ1) is 9.35. The summed E-state index contributed by atoms with van der Waals surface area (Å²) in [5.74, 6) is -0.270. The number of nitrogens with two attached hydrogens (primary N) is 1. The summed E-state index contributed by atoms with van der Waals surface area (Å²) < 4.78 is 24.7. The van der Waals surface area contributed by atoms with E-state index < -0.39 is 10.0 Å². The van der Waals surface area contributed by atoms with Gasteiger partial charge < -0.3 is 11.1 Å². The zero-order valence-electron chi connectivity index (χ0n) is 11.3. The van der Waals surface area contributed by atoms with Crippen LogP contribution in [0.4, 0.5) is 11.4 Å². The number of benzene rings is 1. The highest BCUT2D eigenvalue weighted by Crippen LogP contribution is 2.26. The normalized spacial score (nSPS) is 22.5. The van der Waals surface area contributed by atoms with Crippen molar-refractivity contribution in [3.05, 3.63) is 24.3 Å². The van der Waals surface area contributed by atoms with E-state index in [1.165, 1.54) is 0 Å². The van der Waals surface area contributed by atoms with Gasteiger partial charge in [-0.15, -0.1) is 0 Å². The monoisotopic (exact) mass is 297 g/mol. The minimum atomic E-state index is -3.33. The highest BCUT2D eigenvalue weighted by molar-refractivity contribution is 7.92. The molecule has 0 bridgehead atoms. The molecule has 1 aliphatic carbocycles. The average Bonchev–Trinajstić information content (AvgIpc) is 2.73. The Balaban J connectivity index is 2.06. The Morgan fingerprint density at radius 1 is 1.30 bits per heavy atom. The quantitative estimate of drug-likeness (QED) is 0.775. The third-order valence-corrected chi connectivity index (χ3v) is 3.95. The van der Waals surface area contributed by atoms with Crippen molar-refractivity contribution in [2.24, 2.45) is 11.7 Å². The minimum Gasteiger partial charge on any atom is -0.327 e. The van der Waals surface area contributed by atoms with Crippen LogP contribution >= 0.6 is 0 Å². The van der Waals surface area contributed by atoms with Crippen LogP contribution in [0.5, 0.6) is 0 Å². The van der Waals surface area contributed by atoms with Gasteiger partial charge in [0.25, 0.3) is 0 Å². The number of hydrogen-bond donors (Lipinski definition) is 3. The topological polar surface area (TPSA) is 101 Å². The van der Waals surface area contributed by atoms with E-state index in [4.69, 9.17) is 5.73 Å². The maximum absolute atomic E-state index is 12.1. The summed E-state index contributed by atoms with van der Waals surface area (Å²) in [4.78, 5) is 12.1. The van der Waals surface area contributed by atoms with Crippen LogP contribution in [-0.2, 0) is 14.8 Å². The summed E-state index contributed by atoms with van der Waals surface area (Å²) in [6.07, 6.45) is 3.72. The molecule has 1 fully saturated rings. The molecule has 1 saturated carbocycles. The number of nitrogens with one attached hydrogen (secondary N) is 2. The average molecular weight is 297 g/mol. The van der Waals surface area contributed by atoms with Crippen molar-refractivity contribution in [3.8, 4) is 0 Å². The molecule has 6 nitrogen and oxygen atoms in total. The van der Waals surface area contributed by atoms with Gasteiger partial charge in [-0.3, -0.25) is 9.52 Å². The van der Waals surface area contributed by atoms with Crippen LogP contribution in [0.1, 0.15) is 19.3 Å². The Labute approximate surface area is 118 Å². The smallest absolute Gasteiger partial charge is 0.229 e. The molecule has 0 saturated heterocycles. The van der Waals surface area contributed by atoms with Crippen LogP contribution < -0.4 is 15.8 Å². The van der Waals surface area contributed by atoms with Crippen molar-refractivity contribution in [2.75, 3.05) is 16.3 Å². The van der Waals surface area contributed by atoms with Gasteiger partial charge in [0.1, 0.15) is 0 Å². The molecule has 1 aromatic carbocycles. The lowest BCUT2D eigenvalue weighted by Gasteiger charge is -2.15. The highest BCUT2D eigenvalue weighted by Gasteiger charge is 2.30. The van der Waals surface area contributed by atoms with Crippen molar-refractivity contribution in [1.29, 1.82) is 0 Å². The molecule has 0 radical (unpaired) electrons. The van der Waals surface area contributed by atoms with E-state index in [1.807, 2.05) is 0 Å². The third-order valence-electron chi connectivity index (χ3n) is 3.34. The summed E-state index contributed by atoms with van der Waals surface area (Å²) in [6, 6.07) is 6.51. The Hall–Kier alpha value is -1.60. The second kappa shape index (κ2) is 5.80. The van der Waals surface area contributed by atoms with Crippen molar-refractivity contribution < 1.29 is 13.2 Å². The Kier molecular flexibility index (Phi) is 4.29. The molecular weight excluding hydrogens is 278 g/mol. The summed E-state index contributed by atoms with van der Waals surface area (Å²) in [5.41, 5.74) is 6.87. The molecule has 1 aliphatic rings. The van der Waals surface area contributed by atoms with E-state index in [1.54, 1.807) is 24.3 Å². The highest BCUT2D eigenvalue weighted by atomic mass is 32.2. The Bertz CT molecular complexity index is 601. The number of carbonyl (C=O) groups excluding carboxylic acids is 1. The molecule has 1 aromatic rings. The molecule has 0 aliphatic heterocycles. The molecule has 4 N–H and O–H groups in total. The molecule has 0 spiro atoms. The summed E-state index contributed by atoms with van der Waals surface area (Å²) in [6.45, 7) is 0. The van der Waals surface area contributed by atoms with Crippen molar-refractivity contribution in [1.82, 2.24) is 0 Å². The number of hydrogen-bond acceptors (Lipinski definition) is 4. The Morgan fingerprint density at radius 3 is 2.60 bits per heavy atom. The number of sulfonamides is 1. The molecule has 7 heteroatoms. The third kappa shape index (κ3) is 3.94. The van der Waals surface area contributed by atoms with Crippen LogP contribution in [0, 0.1) is 5.92 Å². The maximum atomic E-state index is 12.1. The van der Waals surface area contributed by atoms with Gasteiger partial charge in [0.15, 0.2) is 0 Å². The molecule has 2 atom stereocenters. The second-order valence-electron chi connectivity index (χ2n) is 5.15. The van der Waals surface area contributed by atoms with E-state index in [0.29, 0.717) is 11.4 Å². The number of amides is 1. The van der Waals surface area contributed by atoms with Crippen LogP contribution in [0.3, 0.4) is 0 Å². The predicted octanol–water partition coefficient (Wildman–Crippen LogP) is 1.12. The molecule has 20 heavy (non-hydrogen) atoms. The first-order valence-corrected chi connectivity index (χ1v) is 8.38. The van der Waals surface area contributed by atoms with Crippen LogP contribution in [0.15, 0.2) is 24.3 Å². The molecule has 2 rings (SSSR count). The Morgan fingerprint density at radius 2 is 2.00 bits per heavy atom. The van der Waals surface area contributed by atoms with Crippen molar-refractivity contribution >= 4 is 27.3 Å². The van der Waals surface area contributed by atoms with E-state index in [-0.39, 0.29) is 17.9 Å². The first kappa shape index (κ1) is 14.8. The lowest BCUT2D eigenvalue weighted by Crippen LogP contribution is -2.34. The molecule has 2 unspecified atom stereocenters. The molecule has 1 amide bonds. The lowest BCUT2D eigenvalue weighted by molar-refractivity contribution is -0.120. The van der Waals surface area contributed by atoms with Gasteiger partial charge in [0.2, 0.25) is 15.9 Å². The van der Waals surface area contributed by atoms with E-state index in [2.05, 4.69) is 10.0 Å². The fraction of sp³-hybridized carbons (Fsp3) is 0.462. The number of anilines is 2. The number of rotatable bonds is 4. The molecule has 0 heterocycles. The van der Waals surface area contributed by atoms with Gasteiger partial charge in [-0.1, -0.05) is 12.5 Å². The minimum absolute atomic E-state index is 0.0904. The zero-order valence-corrected chi connectivity index (χ0v) is 12.1. The summed E-state index contributed by atoms with van der Waals surface area (Å²) >= 11 is 0. The maximum Gasteiger partial charge on any atom is 0.229 e. The fourth-order valence-electron chi connectivity index (χ4n) is 2.42. The van der Waals surface area contributed by atoms with E-state index >= 15 is 0 Å². The molecule has 0 aromatic heterocycles. The second-order valence-corrected chi connectivity index (χ2v) is 6.89. The summed E-state index contributed by atoms with van der Waals surface area (Å²) in [7, 11) is -3.33. The lowest BCUT2D eigenvalue weighted by atomic mass is 10.0. The predicted molar refractivity (Wildman–Crippen MR) is 78.9 cm³/mol. The van der Waals surface area contributed by atoms with Gasteiger partial charge in [0.05, 0.1) is 17.9 Å². The molecular formula is C13H19N3O3S. The number of carbonyl (C=O) groups is 1.